The molecule has 0 saturated heterocycles. The molecule has 0 aliphatic rings. The van der Waals surface area contributed by atoms with Crippen molar-refractivity contribution in [3.8, 4) is 44.5 Å². The van der Waals surface area contributed by atoms with Gasteiger partial charge in [0, 0.05) is 10.8 Å². The van der Waals surface area contributed by atoms with E-state index in [0.29, 0.717) is 21.9 Å². The highest BCUT2D eigenvalue weighted by atomic mass is 16.3. The van der Waals surface area contributed by atoms with E-state index in [1.54, 1.807) is 18.2 Å². The molecule has 12 aromatic rings. The second kappa shape index (κ2) is 12.5. The van der Waals surface area contributed by atoms with Gasteiger partial charge in [0.25, 0.3) is 0 Å². The van der Waals surface area contributed by atoms with Crippen LogP contribution in [0, 0.1) is 0 Å². The first kappa shape index (κ1) is 18.0. The summed E-state index contributed by atoms with van der Waals surface area (Å²) in [5.41, 5.74) is 0.831. The fourth-order valence-corrected chi connectivity index (χ4v) is 8.11. The molecule has 1 nitrogen and oxygen atoms in total. The van der Waals surface area contributed by atoms with E-state index in [1.165, 1.54) is 0 Å². The van der Waals surface area contributed by atoms with Crippen LogP contribution in [0.5, 0.6) is 0 Å². The molecule has 0 fully saturated rings. The molecular formula is C56H34O. The molecule has 0 N–H and O–H groups in total. The predicted molar refractivity (Wildman–Crippen MR) is 243 cm³/mol. The highest BCUT2D eigenvalue weighted by Crippen LogP contribution is 2.47. The molecule has 0 spiro atoms. The van der Waals surface area contributed by atoms with Gasteiger partial charge in [-0.2, -0.15) is 0 Å². The Hall–Kier alpha value is -7.48. The summed E-state index contributed by atoms with van der Waals surface area (Å²) < 4.78 is 191. The Morgan fingerprint density at radius 2 is 1.00 bits per heavy atom. The highest BCUT2D eigenvalue weighted by molar-refractivity contribution is 6.25. The Morgan fingerprint density at radius 1 is 0.333 bits per heavy atom. The zero-order chi connectivity index (χ0) is 54.9. The maximum atomic E-state index is 10.1. The predicted octanol–water partition coefficient (Wildman–Crippen LogP) is 16.0. The molecule has 1 aromatic heterocycles. The molecule has 1 heterocycles. The lowest BCUT2D eigenvalue weighted by molar-refractivity contribution is 0.669. The van der Waals surface area contributed by atoms with E-state index < -0.39 is 170 Å². The molecule has 11 aromatic carbocycles. The van der Waals surface area contributed by atoms with Crippen molar-refractivity contribution in [1.82, 2.24) is 0 Å². The maximum absolute atomic E-state index is 10.1. The van der Waals surface area contributed by atoms with Gasteiger partial charge in [-0.1, -0.05) is 182 Å². The van der Waals surface area contributed by atoms with Crippen LogP contribution in [0.3, 0.4) is 0 Å². The maximum Gasteiger partial charge on any atom is 0.136 e. The van der Waals surface area contributed by atoms with Crippen LogP contribution in [-0.4, -0.2) is 0 Å². The number of furan rings is 1. The summed E-state index contributed by atoms with van der Waals surface area (Å²) in [5.74, 6) is 0. The molecule has 0 amide bonds. The Balaban J connectivity index is 1.27. The van der Waals surface area contributed by atoms with Crippen LogP contribution in [0.4, 0.5) is 0 Å². The molecule has 0 aliphatic heterocycles. The Bertz CT molecular complexity index is 4750. The van der Waals surface area contributed by atoms with E-state index in [2.05, 4.69) is 0 Å². The Kier molecular flexibility index (Phi) is 3.95. The zero-order valence-corrected chi connectivity index (χ0v) is 29.5. The van der Waals surface area contributed by atoms with E-state index in [1.807, 2.05) is 60.7 Å². The number of fused-ring (bicyclic) bond motifs is 8. The Labute approximate surface area is 357 Å². The first-order chi connectivity index (χ1) is 36.6. The summed E-state index contributed by atoms with van der Waals surface area (Å²) in [5, 5.41) is -0.242. The van der Waals surface area contributed by atoms with Crippen LogP contribution in [0.1, 0.15) is 27.4 Å². The summed E-state index contributed by atoms with van der Waals surface area (Å²) in [7, 11) is 0. The molecule has 264 valence electrons. The normalized spacial score (nSPS) is 16.8. The fourth-order valence-electron chi connectivity index (χ4n) is 8.11. The standard InChI is InChI=1S/C56H34O/c1-2-15-37-33-39(28-27-35(37)13-1)54-46-20-7-9-22-48(46)55(49-23-10-8-21-47(49)54)50-31-30-41(42-18-5-6-19-44(42)50)38-29-32-52-51(34-38)56-45(25-12-26-53(56)57-52)43-24-11-16-36-14-3-4-17-40(36)43/h1-34H/i1D,2D,5D,6D,7D,8D,9D,10D,13D,15D,18D,19D,20D,21D,22D,27D,28D,30D,31D,33D. The average molecular weight is 743 g/mol. The van der Waals surface area contributed by atoms with Crippen LogP contribution < -0.4 is 0 Å². The lowest BCUT2D eigenvalue weighted by atomic mass is 9.83. The molecule has 0 radical (unpaired) electrons. The van der Waals surface area contributed by atoms with Gasteiger partial charge in [0.15, 0.2) is 0 Å². The molecule has 0 saturated carbocycles. The van der Waals surface area contributed by atoms with Crippen LogP contribution in [0.25, 0.3) is 120 Å². The van der Waals surface area contributed by atoms with Crippen LogP contribution in [0.2, 0.25) is 0 Å². The second-order valence-corrected chi connectivity index (χ2v) is 13.6. The third-order valence-corrected chi connectivity index (χ3v) is 10.6. The van der Waals surface area contributed by atoms with Crippen molar-refractivity contribution in [3.63, 3.8) is 0 Å². The topological polar surface area (TPSA) is 13.1 Å². The molecule has 0 aliphatic carbocycles. The summed E-state index contributed by atoms with van der Waals surface area (Å²) in [6.07, 6.45) is 0. The minimum Gasteiger partial charge on any atom is -0.456 e. The monoisotopic (exact) mass is 742 g/mol. The SMILES string of the molecule is [2H]c1cc2c(-c3c([2H])c([2H])c(-c4ccc5oc6cccc(-c7cccc8ccccc78)c6c5c4)c4c([2H])c([2H])c([2H])c([2H])c34)c3c([2H])c([2H])c([2H])c([2H])c3c(-c3c([2H])c([2H])c4c([2H])c([2H])c([2H])c([2H])c4c3[2H])c2c([2H])c1[2H]. The largest absolute Gasteiger partial charge is 0.456 e. The van der Waals surface area contributed by atoms with Gasteiger partial charge in [0.1, 0.15) is 11.2 Å². The quantitative estimate of drug-likeness (QED) is 0.164. The van der Waals surface area contributed by atoms with E-state index in [-0.39, 0.29) is 27.3 Å². The minimum atomic E-state index is -0.865. The fraction of sp³-hybridized carbons (Fsp3) is 0. The van der Waals surface area contributed by atoms with Gasteiger partial charge in [-0.05, 0) is 123 Å². The van der Waals surface area contributed by atoms with E-state index >= 15 is 0 Å². The van der Waals surface area contributed by atoms with E-state index in [9.17, 15) is 12.3 Å². The number of benzene rings is 11. The van der Waals surface area contributed by atoms with Crippen molar-refractivity contribution in [3.05, 3.63) is 206 Å². The van der Waals surface area contributed by atoms with Gasteiger partial charge in [0.05, 0.1) is 27.4 Å². The number of rotatable bonds is 4. The van der Waals surface area contributed by atoms with Crippen LogP contribution >= 0.6 is 0 Å². The third-order valence-electron chi connectivity index (χ3n) is 10.6. The van der Waals surface area contributed by atoms with Gasteiger partial charge in [-0.15, -0.1) is 0 Å². The van der Waals surface area contributed by atoms with Gasteiger partial charge >= 0.3 is 0 Å². The zero-order valence-electron chi connectivity index (χ0n) is 49.5. The lowest BCUT2D eigenvalue weighted by Crippen LogP contribution is -1.92. The van der Waals surface area contributed by atoms with Gasteiger partial charge in [-0.3, -0.25) is 0 Å². The van der Waals surface area contributed by atoms with Crippen molar-refractivity contribution >= 4 is 75.8 Å². The first-order valence-corrected chi connectivity index (χ1v) is 18.0. The molecule has 0 atom stereocenters. The summed E-state index contributed by atoms with van der Waals surface area (Å²) >= 11 is 0. The third kappa shape index (κ3) is 4.89. The minimum absolute atomic E-state index is 0.107. The van der Waals surface area contributed by atoms with Crippen molar-refractivity contribution in [2.45, 2.75) is 0 Å². The highest BCUT2D eigenvalue weighted by Gasteiger charge is 2.20. The summed E-state index contributed by atoms with van der Waals surface area (Å²) in [4.78, 5) is 0. The number of hydrogen-bond donors (Lipinski definition) is 0. The number of hydrogen-bond acceptors (Lipinski definition) is 1. The molecule has 1 heteroatoms. The van der Waals surface area contributed by atoms with Crippen molar-refractivity contribution in [2.24, 2.45) is 0 Å². The van der Waals surface area contributed by atoms with E-state index in [4.69, 9.17) is 19.5 Å². The lowest BCUT2D eigenvalue weighted by Gasteiger charge is -2.20. The van der Waals surface area contributed by atoms with Gasteiger partial charge in [-0.25, -0.2) is 0 Å². The summed E-state index contributed by atoms with van der Waals surface area (Å²) in [6, 6.07) is 10.4. The van der Waals surface area contributed by atoms with Crippen molar-refractivity contribution in [2.75, 3.05) is 0 Å². The average Bonchev–Trinajstić information content (AvgIpc) is 3.89. The molecular weight excluding hydrogens is 689 g/mol. The summed E-state index contributed by atoms with van der Waals surface area (Å²) in [6.45, 7) is 0. The Morgan fingerprint density at radius 3 is 1.88 bits per heavy atom. The van der Waals surface area contributed by atoms with Crippen LogP contribution in [0.15, 0.2) is 210 Å². The molecule has 12 rings (SSSR count). The molecule has 0 bridgehead atoms. The van der Waals surface area contributed by atoms with Crippen LogP contribution in [-0.2, 0) is 0 Å². The second-order valence-electron chi connectivity index (χ2n) is 13.6. The van der Waals surface area contributed by atoms with E-state index in [0.717, 1.165) is 28.0 Å². The van der Waals surface area contributed by atoms with Gasteiger partial charge in [0.2, 0.25) is 0 Å². The van der Waals surface area contributed by atoms with Crippen molar-refractivity contribution in [1.29, 1.82) is 0 Å². The van der Waals surface area contributed by atoms with Crippen molar-refractivity contribution < 1.29 is 31.8 Å². The molecule has 0 unspecified atom stereocenters. The van der Waals surface area contributed by atoms with Gasteiger partial charge < -0.3 is 4.42 Å². The first-order valence-electron chi connectivity index (χ1n) is 28.0. The smallest absolute Gasteiger partial charge is 0.136 e. The molecule has 57 heavy (non-hydrogen) atoms.